The van der Waals surface area contributed by atoms with Crippen LogP contribution in [0.25, 0.3) is 0 Å². The summed E-state index contributed by atoms with van der Waals surface area (Å²) in [5.74, 6) is 2.76. The van der Waals surface area contributed by atoms with Gasteiger partial charge in [-0.2, -0.15) is 0 Å². The molecular formula is C17H31O3P. The molecule has 0 saturated heterocycles. The van der Waals surface area contributed by atoms with Crippen LogP contribution < -0.4 is 0 Å². The Morgan fingerprint density at radius 2 is 1.57 bits per heavy atom. The number of rotatable bonds is 8. The van der Waals surface area contributed by atoms with E-state index in [1.54, 1.807) is 0 Å². The fraction of sp³-hybridized carbons (Fsp3) is 1.00. The van der Waals surface area contributed by atoms with Gasteiger partial charge < -0.3 is 9.05 Å². The number of hydrogen-bond donors (Lipinski definition) is 0. The molecule has 3 nitrogen and oxygen atoms in total. The van der Waals surface area contributed by atoms with Crippen LogP contribution in [-0.4, -0.2) is 19.4 Å². The third kappa shape index (κ3) is 3.57. The number of hydrogen-bond acceptors (Lipinski definition) is 3. The average Bonchev–Trinajstić information content (AvgIpc) is 2.42. The fourth-order valence-corrected chi connectivity index (χ4v) is 7.32. The summed E-state index contributed by atoms with van der Waals surface area (Å²) in [5.41, 5.74) is 0.327. The molecule has 0 amide bonds. The molecule has 0 aromatic rings. The van der Waals surface area contributed by atoms with Crippen molar-refractivity contribution in [2.45, 2.75) is 65.2 Å². The topological polar surface area (TPSA) is 35.5 Å². The molecule has 4 aliphatic rings. The Kier molecular flexibility index (Phi) is 4.83. The Morgan fingerprint density at radius 1 is 1.00 bits per heavy atom. The fourth-order valence-electron chi connectivity index (χ4n) is 5.42. The minimum absolute atomic E-state index is 0.327. The zero-order valence-corrected chi connectivity index (χ0v) is 14.6. The highest BCUT2D eigenvalue weighted by Gasteiger charge is 2.51. The van der Waals surface area contributed by atoms with Crippen LogP contribution in [0, 0.1) is 23.2 Å². The van der Waals surface area contributed by atoms with E-state index in [0.29, 0.717) is 24.8 Å². The predicted octanol–water partition coefficient (Wildman–Crippen LogP) is 5.25. The summed E-state index contributed by atoms with van der Waals surface area (Å²) >= 11 is 0. The Labute approximate surface area is 129 Å². The van der Waals surface area contributed by atoms with E-state index in [9.17, 15) is 4.57 Å². The summed E-state index contributed by atoms with van der Waals surface area (Å²) < 4.78 is 24.3. The standard InChI is InChI=1S/C17H31O3P/c1-3-5-6-21(18,19-4-2)20-13-17-10-14-7-15(11-17)9-16(8-14)12-17/h14-16H,3-13H2,1-2H3. The molecule has 4 bridgehead atoms. The minimum atomic E-state index is -2.86. The smallest absolute Gasteiger partial charge is 0.309 e. The molecule has 4 saturated carbocycles. The zero-order valence-electron chi connectivity index (χ0n) is 13.7. The van der Waals surface area contributed by atoms with Crippen molar-refractivity contribution in [2.75, 3.05) is 19.4 Å². The first-order valence-corrected chi connectivity index (χ1v) is 10.7. The Bertz CT molecular complexity index is 372. The molecule has 0 radical (unpaired) electrons. The van der Waals surface area contributed by atoms with Crippen molar-refractivity contribution in [1.29, 1.82) is 0 Å². The molecule has 0 aromatic carbocycles. The van der Waals surface area contributed by atoms with Crippen LogP contribution in [0.1, 0.15) is 65.2 Å². The largest absolute Gasteiger partial charge is 0.330 e. The molecule has 0 aliphatic heterocycles. The van der Waals surface area contributed by atoms with Gasteiger partial charge in [0.05, 0.1) is 19.4 Å². The Balaban J connectivity index is 1.61. The summed E-state index contributed by atoms with van der Waals surface area (Å²) in [6.07, 6.45) is 10.8. The van der Waals surface area contributed by atoms with E-state index in [0.717, 1.165) is 30.6 Å². The summed E-state index contributed by atoms with van der Waals surface area (Å²) in [6, 6.07) is 0. The van der Waals surface area contributed by atoms with Crippen molar-refractivity contribution in [3.63, 3.8) is 0 Å². The molecule has 122 valence electrons. The summed E-state index contributed by atoms with van der Waals surface area (Å²) in [5, 5.41) is 0. The maximum atomic E-state index is 12.8. The van der Waals surface area contributed by atoms with Gasteiger partial charge in [-0.3, -0.25) is 4.57 Å². The second-order valence-corrected chi connectivity index (χ2v) is 9.98. The third-order valence-corrected chi connectivity index (χ3v) is 7.88. The van der Waals surface area contributed by atoms with Crippen LogP contribution in [0.5, 0.6) is 0 Å². The van der Waals surface area contributed by atoms with E-state index in [-0.39, 0.29) is 0 Å². The van der Waals surface area contributed by atoms with Crippen molar-refractivity contribution in [3.8, 4) is 0 Å². The third-order valence-electron chi connectivity index (χ3n) is 5.84. The first kappa shape index (κ1) is 16.0. The van der Waals surface area contributed by atoms with Gasteiger partial charge >= 0.3 is 7.60 Å². The molecule has 4 aliphatic carbocycles. The lowest BCUT2D eigenvalue weighted by Crippen LogP contribution is -2.48. The Hall–Kier alpha value is 0.150. The van der Waals surface area contributed by atoms with Gasteiger partial charge in [0.1, 0.15) is 0 Å². The summed E-state index contributed by atoms with van der Waals surface area (Å²) in [4.78, 5) is 0. The van der Waals surface area contributed by atoms with Gasteiger partial charge in [-0.05, 0) is 75.0 Å². The lowest BCUT2D eigenvalue weighted by atomic mass is 9.50. The van der Waals surface area contributed by atoms with Crippen molar-refractivity contribution in [1.82, 2.24) is 0 Å². The second-order valence-electron chi connectivity index (χ2n) is 7.80. The quantitative estimate of drug-likeness (QED) is 0.574. The average molecular weight is 314 g/mol. The van der Waals surface area contributed by atoms with Gasteiger partial charge in [-0.25, -0.2) is 0 Å². The molecule has 4 heteroatoms. The van der Waals surface area contributed by atoms with E-state index >= 15 is 0 Å². The molecule has 0 aromatic heterocycles. The lowest BCUT2D eigenvalue weighted by Gasteiger charge is -2.56. The monoisotopic (exact) mass is 314 g/mol. The van der Waals surface area contributed by atoms with Crippen molar-refractivity contribution in [2.24, 2.45) is 23.2 Å². The first-order valence-electron chi connectivity index (χ1n) is 8.94. The normalized spacial score (nSPS) is 40.4. The zero-order chi connectivity index (χ0) is 14.9. The van der Waals surface area contributed by atoms with Crippen LogP contribution >= 0.6 is 7.60 Å². The van der Waals surface area contributed by atoms with Gasteiger partial charge in [0, 0.05) is 0 Å². The van der Waals surface area contributed by atoms with Gasteiger partial charge in [0.15, 0.2) is 0 Å². The molecule has 1 unspecified atom stereocenters. The number of unbranched alkanes of at least 4 members (excludes halogenated alkanes) is 1. The highest BCUT2D eigenvalue weighted by Crippen LogP contribution is 2.61. The van der Waals surface area contributed by atoms with E-state index in [1.165, 1.54) is 38.5 Å². The predicted molar refractivity (Wildman–Crippen MR) is 85.6 cm³/mol. The van der Waals surface area contributed by atoms with E-state index in [1.807, 2.05) is 6.92 Å². The molecular weight excluding hydrogens is 283 g/mol. The molecule has 1 atom stereocenters. The molecule has 4 fully saturated rings. The maximum absolute atomic E-state index is 12.8. The molecule has 0 spiro atoms. The lowest BCUT2D eigenvalue weighted by molar-refractivity contribution is -0.0766. The molecule has 4 rings (SSSR count). The van der Waals surface area contributed by atoms with Crippen LogP contribution in [0.2, 0.25) is 0 Å². The van der Waals surface area contributed by atoms with Crippen LogP contribution in [0.3, 0.4) is 0 Å². The van der Waals surface area contributed by atoms with E-state index < -0.39 is 7.60 Å². The maximum Gasteiger partial charge on any atom is 0.330 e. The molecule has 21 heavy (non-hydrogen) atoms. The van der Waals surface area contributed by atoms with Crippen molar-refractivity contribution < 1.29 is 13.6 Å². The molecule has 0 heterocycles. The van der Waals surface area contributed by atoms with Gasteiger partial charge in [-0.1, -0.05) is 13.3 Å². The van der Waals surface area contributed by atoms with Crippen molar-refractivity contribution in [3.05, 3.63) is 0 Å². The Morgan fingerprint density at radius 3 is 2.05 bits per heavy atom. The van der Waals surface area contributed by atoms with Crippen molar-refractivity contribution >= 4 is 7.60 Å². The van der Waals surface area contributed by atoms with E-state index in [4.69, 9.17) is 9.05 Å². The van der Waals surface area contributed by atoms with Gasteiger partial charge in [0.25, 0.3) is 0 Å². The van der Waals surface area contributed by atoms with Crippen LogP contribution in [-0.2, 0) is 13.6 Å². The van der Waals surface area contributed by atoms with E-state index in [2.05, 4.69) is 6.92 Å². The minimum Gasteiger partial charge on any atom is -0.309 e. The molecule has 0 N–H and O–H groups in total. The van der Waals surface area contributed by atoms with Crippen LogP contribution in [0.4, 0.5) is 0 Å². The highest BCUT2D eigenvalue weighted by atomic mass is 31.2. The SMILES string of the molecule is CCCCP(=O)(OCC)OCC12CC3CC(CC(C3)C1)C2. The van der Waals surface area contributed by atoms with Gasteiger partial charge in [-0.15, -0.1) is 0 Å². The summed E-state index contributed by atoms with van der Waals surface area (Å²) in [6.45, 7) is 5.20. The van der Waals surface area contributed by atoms with Gasteiger partial charge in [0.2, 0.25) is 0 Å². The first-order chi connectivity index (χ1) is 10.1. The van der Waals surface area contributed by atoms with Crippen LogP contribution in [0.15, 0.2) is 0 Å². The highest BCUT2D eigenvalue weighted by molar-refractivity contribution is 7.53. The summed E-state index contributed by atoms with van der Waals surface area (Å²) in [7, 11) is -2.86. The second kappa shape index (κ2) is 6.34.